The van der Waals surface area contributed by atoms with Gasteiger partial charge in [-0.1, -0.05) is 20.9 Å². The minimum Gasteiger partial charge on any atom is -0.508 e. The average Bonchev–Trinajstić information content (AvgIpc) is 1.80. The lowest BCUT2D eigenvalue weighted by molar-refractivity contribution is 0.448. The van der Waals surface area contributed by atoms with Crippen molar-refractivity contribution in [2.45, 2.75) is 21.8 Å². The van der Waals surface area contributed by atoms with Crippen LogP contribution in [0.2, 0.25) is 0 Å². The molecule has 11 heavy (non-hydrogen) atoms. The van der Waals surface area contributed by atoms with Gasteiger partial charge in [-0.15, -0.1) is 0 Å². The van der Waals surface area contributed by atoms with Gasteiger partial charge in [0.25, 0.3) is 0 Å². The van der Waals surface area contributed by atoms with Crippen molar-refractivity contribution in [2.24, 2.45) is 0 Å². The molecular weight excluding hydrogens is 140 g/mol. The molecule has 0 aliphatic heterocycles. The second kappa shape index (κ2) is 4.61. The fourth-order valence-corrected chi connectivity index (χ4v) is 0.598. The van der Waals surface area contributed by atoms with Gasteiger partial charge in [0.05, 0.1) is 0 Å². The molecule has 0 aliphatic carbocycles. The van der Waals surface area contributed by atoms with Crippen molar-refractivity contribution in [3.05, 3.63) is 23.8 Å². The van der Waals surface area contributed by atoms with Gasteiger partial charge in [0.1, 0.15) is 11.5 Å². The molecule has 64 valence electrons. The molecular formula is C9H16O2. The van der Waals surface area contributed by atoms with E-state index in [-0.39, 0.29) is 26.4 Å². The van der Waals surface area contributed by atoms with Crippen LogP contribution in [0.5, 0.6) is 11.5 Å². The highest BCUT2D eigenvalue weighted by molar-refractivity contribution is 5.37. The lowest BCUT2D eigenvalue weighted by Crippen LogP contribution is -1.71. The number of benzene rings is 1. The van der Waals surface area contributed by atoms with E-state index in [0.29, 0.717) is 0 Å². The fourth-order valence-electron chi connectivity index (χ4n) is 0.598. The van der Waals surface area contributed by atoms with Crippen molar-refractivity contribution in [3.63, 3.8) is 0 Å². The molecule has 0 spiro atoms. The smallest absolute Gasteiger partial charge is 0.122 e. The summed E-state index contributed by atoms with van der Waals surface area (Å²) < 4.78 is 0. The number of aromatic hydroxyl groups is 2. The molecule has 1 aromatic rings. The Balaban J connectivity index is 0. The Morgan fingerprint density at radius 2 is 1.64 bits per heavy atom. The Kier molecular flexibility index (Phi) is 5.23. The second-order valence-electron chi connectivity index (χ2n) is 1.97. The third kappa shape index (κ3) is 2.94. The maximum absolute atomic E-state index is 8.94. The zero-order valence-corrected chi connectivity index (χ0v) is 5.13. The fraction of sp³-hybridized carbons (Fsp3) is 0.333. The SMILES string of the molecule is C.C.Cc1ccc(O)cc1O. The molecule has 0 aromatic heterocycles. The summed E-state index contributed by atoms with van der Waals surface area (Å²) in [7, 11) is 0. The Labute approximate surface area is 68.1 Å². The highest BCUT2D eigenvalue weighted by Gasteiger charge is 1.93. The summed E-state index contributed by atoms with van der Waals surface area (Å²) in [5, 5.41) is 17.7. The van der Waals surface area contributed by atoms with Crippen LogP contribution >= 0.6 is 0 Å². The minimum atomic E-state index is 0. The first-order valence-electron chi connectivity index (χ1n) is 2.69. The molecule has 0 amide bonds. The lowest BCUT2D eigenvalue weighted by atomic mass is 10.2. The highest BCUT2D eigenvalue weighted by atomic mass is 16.3. The Morgan fingerprint density at radius 1 is 1.09 bits per heavy atom. The van der Waals surface area contributed by atoms with E-state index in [1.807, 2.05) is 0 Å². The molecule has 2 N–H and O–H groups in total. The summed E-state index contributed by atoms with van der Waals surface area (Å²) >= 11 is 0. The first kappa shape index (κ1) is 12.5. The van der Waals surface area contributed by atoms with E-state index < -0.39 is 0 Å². The van der Waals surface area contributed by atoms with Gasteiger partial charge >= 0.3 is 0 Å². The molecule has 0 saturated carbocycles. The Morgan fingerprint density at radius 3 is 2.00 bits per heavy atom. The van der Waals surface area contributed by atoms with E-state index in [1.165, 1.54) is 12.1 Å². The van der Waals surface area contributed by atoms with E-state index in [0.717, 1.165) is 5.56 Å². The van der Waals surface area contributed by atoms with E-state index in [1.54, 1.807) is 13.0 Å². The molecule has 0 heterocycles. The third-order valence-corrected chi connectivity index (χ3v) is 1.19. The van der Waals surface area contributed by atoms with E-state index in [9.17, 15) is 0 Å². The van der Waals surface area contributed by atoms with Gasteiger partial charge in [-0.3, -0.25) is 0 Å². The van der Waals surface area contributed by atoms with Crippen LogP contribution in [0, 0.1) is 6.92 Å². The van der Waals surface area contributed by atoms with Crippen LogP contribution in [-0.2, 0) is 0 Å². The zero-order chi connectivity index (χ0) is 6.85. The summed E-state index contributed by atoms with van der Waals surface area (Å²) in [6.07, 6.45) is 0. The van der Waals surface area contributed by atoms with Crippen LogP contribution in [0.3, 0.4) is 0 Å². The first-order valence-corrected chi connectivity index (χ1v) is 2.69. The summed E-state index contributed by atoms with van der Waals surface area (Å²) in [6, 6.07) is 4.51. The summed E-state index contributed by atoms with van der Waals surface area (Å²) in [5.41, 5.74) is 0.771. The number of hydrogen-bond acceptors (Lipinski definition) is 2. The van der Waals surface area contributed by atoms with Crippen LogP contribution in [0.4, 0.5) is 0 Å². The van der Waals surface area contributed by atoms with Crippen molar-refractivity contribution in [1.29, 1.82) is 0 Å². The summed E-state index contributed by atoms with van der Waals surface area (Å²) in [4.78, 5) is 0. The van der Waals surface area contributed by atoms with Crippen LogP contribution in [-0.4, -0.2) is 10.2 Å². The molecule has 0 atom stereocenters. The quantitative estimate of drug-likeness (QED) is 0.606. The molecule has 0 fully saturated rings. The Bertz CT molecular complexity index is 219. The molecule has 1 aromatic carbocycles. The molecule has 0 aliphatic rings. The Hall–Kier alpha value is -1.18. The van der Waals surface area contributed by atoms with Crippen molar-refractivity contribution in [2.75, 3.05) is 0 Å². The predicted octanol–water partition coefficient (Wildman–Crippen LogP) is 2.68. The predicted molar refractivity (Wildman–Crippen MR) is 48.0 cm³/mol. The van der Waals surface area contributed by atoms with Gasteiger partial charge < -0.3 is 10.2 Å². The maximum atomic E-state index is 8.94. The lowest BCUT2D eigenvalue weighted by Gasteiger charge is -1.96. The average molecular weight is 156 g/mol. The molecule has 0 saturated heterocycles. The van der Waals surface area contributed by atoms with Crippen LogP contribution in [0.1, 0.15) is 20.4 Å². The van der Waals surface area contributed by atoms with Gasteiger partial charge in [-0.25, -0.2) is 0 Å². The van der Waals surface area contributed by atoms with E-state index in [2.05, 4.69) is 0 Å². The standard InChI is InChI=1S/C7H8O2.2CH4/c1-5-2-3-6(8)4-7(5)9;;/h2-4,8-9H,1H3;2*1H4. The van der Waals surface area contributed by atoms with Crippen molar-refractivity contribution in [1.82, 2.24) is 0 Å². The molecule has 0 bridgehead atoms. The van der Waals surface area contributed by atoms with Crippen molar-refractivity contribution < 1.29 is 10.2 Å². The molecule has 1 rings (SSSR count). The van der Waals surface area contributed by atoms with Crippen LogP contribution in [0.15, 0.2) is 18.2 Å². The molecule has 0 radical (unpaired) electrons. The van der Waals surface area contributed by atoms with Crippen molar-refractivity contribution in [3.8, 4) is 11.5 Å². The first-order chi connectivity index (χ1) is 4.20. The monoisotopic (exact) mass is 156 g/mol. The second-order valence-corrected chi connectivity index (χ2v) is 1.97. The van der Waals surface area contributed by atoms with Gasteiger partial charge in [0.15, 0.2) is 0 Å². The summed E-state index contributed by atoms with van der Waals surface area (Å²) in [5.74, 6) is 0.230. The molecule has 2 heteroatoms. The topological polar surface area (TPSA) is 40.5 Å². The molecule has 2 nitrogen and oxygen atoms in total. The number of rotatable bonds is 0. The number of aryl methyl sites for hydroxylation is 1. The van der Waals surface area contributed by atoms with Crippen molar-refractivity contribution >= 4 is 0 Å². The van der Waals surface area contributed by atoms with E-state index >= 15 is 0 Å². The zero-order valence-electron chi connectivity index (χ0n) is 5.13. The molecule has 0 unspecified atom stereocenters. The van der Waals surface area contributed by atoms with Gasteiger partial charge in [0, 0.05) is 6.07 Å². The summed E-state index contributed by atoms with van der Waals surface area (Å²) in [6.45, 7) is 1.77. The van der Waals surface area contributed by atoms with E-state index in [4.69, 9.17) is 10.2 Å². The van der Waals surface area contributed by atoms with Gasteiger partial charge in [-0.05, 0) is 18.6 Å². The minimum absolute atomic E-state index is 0. The number of hydrogen-bond donors (Lipinski definition) is 2. The van der Waals surface area contributed by atoms with Crippen LogP contribution < -0.4 is 0 Å². The highest BCUT2D eigenvalue weighted by Crippen LogP contribution is 2.20. The van der Waals surface area contributed by atoms with Crippen LogP contribution in [0.25, 0.3) is 0 Å². The van der Waals surface area contributed by atoms with Gasteiger partial charge in [-0.2, -0.15) is 0 Å². The maximum Gasteiger partial charge on any atom is 0.122 e. The number of phenolic OH excluding ortho intramolecular Hbond substituents is 2. The largest absolute Gasteiger partial charge is 0.508 e. The third-order valence-electron chi connectivity index (χ3n) is 1.19. The van der Waals surface area contributed by atoms with Gasteiger partial charge in [0.2, 0.25) is 0 Å². The normalized spacial score (nSPS) is 7.73. The number of phenols is 2.